The molecule has 2 aliphatic rings. The number of nitrogens with one attached hydrogen (secondary N) is 1. The number of aromatic hydroxyl groups is 1. The number of nitriles is 1. The molecule has 1 unspecified atom stereocenters. The van der Waals surface area contributed by atoms with E-state index in [4.69, 9.17) is 23.8 Å². The molecule has 2 bridgehead atoms. The monoisotopic (exact) mass is 519 g/mol. The molecule has 1 aromatic heterocycles. The number of hydrogen-bond acceptors (Lipinski definition) is 4. The number of rotatable bonds is 2. The molecule has 0 amide bonds. The summed E-state index contributed by atoms with van der Waals surface area (Å²) in [5.41, 5.74) is 0.407. The average molecular weight is 520 g/mol. The van der Waals surface area contributed by atoms with Crippen LogP contribution >= 0.6 is 23.8 Å². The number of halogens is 4. The van der Waals surface area contributed by atoms with Crippen molar-refractivity contribution in [2.24, 2.45) is 0 Å². The number of nitrogens with zero attached hydrogens (tertiary/aromatic N) is 4. The van der Waals surface area contributed by atoms with Crippen LogP contribution in [0.2, 0.25) is 5.02 Å². The molecule has 3 aromatic rings. The quantitative estimate of drug-likeness (QED) is 0.469. The summed E-state index contributed by atoms with van der Waals surface area (Å²) in [6.45, 7) is 2.01. The first-order valence-corrected chi connectivity index (χ1v) is 11.3. The van der Waals surface area contributed by atoms with Crippen LogP contribution in [-0.4, -0.2) is 30.8 Å². The average Bonchev–Trinajstić information content (AvgIpc) is 3.47. The van der Waals surface area contributed by atoms with E-state index in [9.17, 15) is 28.3 Å². The smallest absolute Gasteiger partial charge is 0.416 e. The summed E-state index contributed by atoms with van der Waals surface area (Å²) in [6.07, 6.45) is -3.96. The maximum absolute atomic E-state index is 13.3. The second-order valence-electron chi connectivity index (χ2n) is 8.45. The van der Waals surface area contributed by atoms with Crippen LogP contribution in [0.5, 0.6) is 5.88 Å². The Labute approximate surface area is 207 Å². The fourth-order valence-electron chi connectivity index (χ4n) is 4.86. The van der Waals surface area contributed by atoms with Crippen LogP contribution in [0.25, 0.3) is 5.69 Å². The SMILES string of the molecule is Cc1c(-n2c(O)c3n(c2=O)[C@@H]2CC3N(C(=S)Nc3cccc(C(F)(F)F)c3)C2)ccc(C#N)c1Cl. The molecular weight excluding hydrogens is 503 g/mol. The molecule has 0 spiro atoms. The first-order valence-electron chi connectivity index (χ1n) is 10.5. The Morgan fingerprint density at radius 3 is 2.74 bits per heavy atom. The van der Waals surface area contributed by atoms with Crippen LogP contribution in [0.4, 0.5) is 18.9 Å². The minimum atomic E-state index is -4.48. The highest BCUT2D eigenvalue weighted by molar-refractivity contribution is 7.80. The van der Waals surface area contributed by atoms with Gasteiger partial charge in [0, 0.05) is 12.2 Å². The Morgan fingerprint density at radius 2 is 2.06 bits per heavy atom. The van der Waals surface area contributed by atoms with Gasteiger partial charge in [-0.05, 0) is 61.5 Å². The number of fused-ring (bicyclic) bond motifs is 5. The van der Waals surface area contributed by atoms with Gasteiger partial charge in [-0.3, -0.25) is 4.57 Å². The number of likely N-dealkylation sites (tertiary alicyclic amines) is 1. The molecule has 2 N–H and O–H groups in total. The normalized spacial score (nSPS) is 18.5. The lowest BCUT2D eigenvalue weighted by Gasteiger charge is -2.30. The lowest BCUT2D eigenvalue weighted by molar-refractivity contribution is -0.137. The van der Waals surface area contributed by atoms with E-state index in [1.165, 1.54) is 22.8 Å². The van der Waals surface area contributed by atoms with Crippen LogP contribution in [0, 0.1) is 18.3 Å². The third-order valence-corrected chi connectivity index (χ3v) is 7.30. The first kappa shape index (κ1) is 23.3. The van der Waals surface area contributed by atoms with E-state index in [2.05, 4.69) is 5.32 Å². The summed E-state index contributed by atoms with van der Waals surface area (Å²) >= 11 is 11.7. The van der Waals surface area contributed by atoms with Gasteiger partial charge >= 0.3 is 11.9 Å². The molecule has 1 fully saturated rings. The summed E-state index contributed by atoms with van der Waals surface area (Å²) in [4.78, 5) is 15.0. The Balaban J connectivity index is 1.48. The van der Waals surface area contributed by atoms with Crippen LogP contribution in [0.3, 0.4) is 0 Å². The van der Waals surface area contributed by atoms with Crippen LogP contribution in [-0.2, 0) is 6.18 Å². The maximum atomic E-state index is 13.3. The highest BCUT2D eigenvalue weighted by atomic mass is 35.5. The van der Waals surface area contributed by atoms with Crippen molar-refractivity contribution in [3.63, 3.8) is 0 Å². The van der Waals surface area contributed by atoms with Gasteiger partial charge in [0.15, 0.2) is 5.11 Å². The number of aromatic nitrogens is 2. The summed E-state index contributed by atoms with van der Waals surface area (Å²) in [7, 11) is 0. The molecule has 2 aromatic carbocycles. The van der Waals surface area contributed by atoms with Gasteiger partial charge in [0.1, 0.15) is 11.8 Å². The van der Waals surface area contributed by atoms with Gasteiger partial charge in [-0.2, -0.15) is 18.4 Å². The van der Waals surface area contributed by atoms with E-state index in [-0.39, 0.29) is 33.3 Å². The van der Waals surface area contributed by atoms with Crippen molar-refractivity contribution >= 4 is 34.6 Å². The molecule has 0 saturated carbocycles. The molecule has 35 heavy (non-hydrogen) atoms. The third-order valence-electron chi connectivity index (χ3n) is 6.48. The van der Waals surface area contributed by atoms with Crippen molar-refractivity contribution in [3.05, 3.63) is 74.3 Å². The standard InChI is InChI=1S/C23H17ClF3N5O2S/c1-11-16(6-5-12(9-28)18(11)24)32-20(33)19-17-8-15(31(19)22(32)34)10-30(17)21(35)29-14-4-2-3-13(7-14)23(25,26)27/h2-7,15,17,33H,8,10H2,1H3,(H,29,35)/t15-,17?/m1/s1. The van der Waals surface area contributed by atoms with E-state index in [1.54, 1.807) is 17.9 Å². The summed E-state index contributed by atoms with van der Waals surface area (Å²) in [6, 6.07) is 9.03. The molecule has 180 valence electrons. The van der Waals surface area contributed by atoms with Gasteiger partial charge in [-0.15, -0.1) is 0 Å². The molecule has 7 nitrogen and oxygen atoms in total. The number of hydrogen-bond donors (Lipinski definition) is 2. The summed E-state index contributed by atoms with van der Waals surface area (Å²) < 4.78 is 41.8. The maximum Gasteiger partial charge on any atom is 0.416 e. The van der Waals surface area contributed by atoms with E-state index in [0.717, 1.165) is 16.7 Å². The zero-order valence-electron chi connectivity index (χ0n) is 18.1. The highest BCUT2D eigenvalue weighted by Crippen LogP contribution is 2.49. The predicted molar refractivity (Wildman–Crippen MR) is 127 cm³/mol. The molecule has 12 heteroatoms. The lowest BCUT2D eigenvalue weighted by atomic mass is 10.1. The zero-order valence-corrected chi connectivity index (χ0v) is 19.7. The zero-order chi connectivity index (χ0) is 25.2. The van der Waals surface area contributed by atoms with E-state index in [0.29, 0.717) is 29.9 Å². The van der Waals surface area contributed by atoms with Crippen molar-refractivity contribution in [2.75, 3.05) is 11.9 Å². The number of imidazole rings is 1. The lowest BCUT2D eigenvalue weighted by Crippen LogP contribution is -2.40. The fourth-order valence-corrected chi connectivity index (χ4v) is 5.38. The Hall–Kier alpha value is -3.49. The van der Waals surface area contributed by atoms with Gasteiger partial charge in [0.25, 0.3) is 0 Å². The molecule has 1 saturated heterocycles. The Kier molecular flexibility index (Phi) is 5.34. The molecule has 0 radical (unpaired) electrons. The van der Waals surface area contributed by atoms with Gasteiger partial charge in [-0.1, -0.05) is 17.7 Å². The van der Waals surface area contributed by atoms with Gasteiger partial charge in [0.05, 0.1) is 33.9 Å². The second kappa shape index (κ2) is 8.03. The molecule has 2 atom stereocenters. The predicted octanol–water partition coefficient (Wildman–Crippen LogP) is 4.90. The van der Waals surface area contributed by atoms with Gasteiger partial charge in [0.2, 0.25) is 5.88 Å². The van der Waals surface area contributed by atoms with Crippen molar-refractivity contribution in [1.82, 2.24) is 14.0 Å². The molecule has 0 aliphatic carbocycles. The van der Waals surface area contributed by atoms with Crippen LogP contribution < -0.4 is 11.0 Å². The first-order chi connectivity index (χ1) is 16.5. The van der Waals surface area contributed by atoms with E-state index in [1.807, 2.05) is 6.07 Å². The Bertz CT molecular complexity index is 1490. The van der Waals surface area contributed by atoms with Crippen molar-refractivity contribution in [3.8, 4) is 17.6 Å². The second-order valence-corrected chi connectivity index (χ2v) is 9.21. The van der Waals surface area contributed by atoms with Crippen molar-refractivity contribution in [1.29, 1.82) is 5.26 Å². The highest BCUT2D eigenvalue weighted by Gasteiger charge is 2.48. The minimum Gasteiger partial charge on any atom is -0.493 e. The van der Waals surface area contributed by atoms with Gasteiger partial charge < -0.3 is 15.3 Å². The van der Waals surface area contributed by atoms with E-state index < -0.39 is 23.5 Å². The topological polar surface area (TPSA) is 86.2 Å². The molecule has 5 rings (SSSR count). The number of benzene rings is 2. The van der Waals surface area contributed by atoms with Gasteiger partial charge in [-0.25, -0.2) is 9.36 Å². The third kappa shape index (κ3) is 3.56. The Morgan fingerprint density at radius 1 is 1.31 bits per heavy atom. The summed E-state index contributed by atoms with van der Waals surface area (Å²) in [5, 5.41) is 23.5. The largest absolute Gasteiger partial charge is 0.493 e. The van der Waals surface area contributed by atoms with Crippen molar-refractivity contribution < 1.29 is 18.3 Å². The van der Waals surface area contributed by atoms with E-state index >= 15 is 0 Å². The van der Waals surface area contributed by atoms with Crippen molar-refractivity contribution in [2.45, 2.75) is 31.6 Å². The minimum absolute atomic E-state index is 0.189. The molecule has 3 heterocycles. The van der Waals surface area contributed by atoms with Crippen LogP contribution in [0.1, 0.15) is 40.9 Å². The fraction of sp³-hybridized carbons (Fsp3) is 0.261. The number of thiocarbonyl (C=S) groups is 1. The molecule has 2 aliphatic heterocycles. The molecular formula is C23H17ClF3N5O2S. The number of anilines is 1. The number of alkyl halides is 3. The summed E-state index contributed by atoms with van der Waals surface area (Å²) in [5.74, 6) is -0.266. The van der Waals surface area contributed by atoms with Crippen LogP contribution in [0.15, 0.2) is 41.2 Å².